The van der Waals surface area contributed by atoms with Crippen molar-refractivity contribution >= 4 is 31.4 Å². The smallest absolute Gasteiger partial charge is 0.419 e. The molecule has 3 aromatic heterocycles. The molecule has 3 aliphatic carbocycles. The van der Waals surface area contributed by atoms with Gasteiger partial charge >= 0.3 is 12.2 Å². The third-order valence-corrected chi connectivity index (χ3v) is 15.5. The van der Waals surface area contributed by atoms with Crippen molar-refractivity contribution < 1.29 is 23.5 Å². The number of carbonyl (C=O) groups excluding carboxylic acids is 2. The molecule has 51 heavy (non-hydrogen) atoms. The van der Waals surface area contributed by atoms with Crippen LogP contribution in [0.1, 0.15) is 137 Å². The zero-order chi connectivity index (χ0) is 37.1. The monoisotopic (exact) mass is 720 g/mol. The largest absolute Gasteiger partial charge is 0.443 e. The zero-order valence-electron chi connectivity index (χ0n) is 32.8. The molecule has 0 aliphatic heterocycles. The molecular formula is C39H60N6O5Si. The van der Waals surface area contributed by atoms with Gasteiger partial charge in [-0.15, -0.1) is 0 Å². The molecule has 3 aromatic rings. The maximum atomic E-state index is 13.0. The highest BCUT2D eigenvalue weighted by Crippen LogP contribution is 2.46. The third kappa shape index (κ3) is 8.87. The maximum Gasteiger partial charge on any atom is 0.419 e. The number of hydrogen-bond acceptors (Lipinski definition) is 8. The van der Waals surface area contributed by atoms with Crippen LogP contribution in [0.3, 0.4) is 0 Å². The first-order valence-corrected chi connectivity index (χ1v) is 21.9. The van der Waals surface area contributed by atoms with Crippen LogP contribution in [0.25, 0.3) is 22.2 Å². The van der Waals surface area contributed by atoms with Crippen molar-refractivity contribution in [3.8, 4) is 11.3 Å². The van der Waals surface area contributed by atoms with Crippen LogP contribution in [0.15, 0.2) is 24.7 Å². The lowest BCUT2D eigenvalue weighted by Crippen LogP contribution is -2.47. The highest BCUT2D eigenvalue weighted by atomic mass is 28.4. The van der Waals surface area contributed by atoms with Gasteiger partial charge in [0, 0.05) is 48.1 Å². The van der Waals surface area contributed by atoms with E-state index >= 15 is 0 Å². The Balaban J connectivity index is 1.12. The van der Waals surface area contributed by atoms with Crippen LogP contribution in [0, 0.1) is 5.92 Å². The van der Waals surface area contributed by atoms with Crippen molar-refractivity contribution in [2.75, 3.05) is 6.54 Å². The average molecular weight is 721 g/mol. The van der Waals surface area contributed by atoms with Gasteiger partial charge in [0.2, 0.25) is 0 Å². The van der Waals surface area contributed by atoms with Gasteiger partial charge in [-0.1, -0.05) is 20.8 Å². The third-order valence-electron chi connectivity index (χ3n) is 10.9. The van der Waals surface area contributed by atoms with E-state index in [9.17, 15) is 9.59 Å². The Bertz CT molecular complexity index is 1700. The molecule has 2 amide bonds. The van der Waals surface area contributed by atoms with Crippen molar-refractivity contribution in [3.63, 3.8) is 0 Å². The number of carbonyl (C=O) groups is 2. The van der Waals surface area contributed by atoms with Gasteiger partial charge in [-0.3, -0.25) is 14.3 Å². The first-order valence-electron chi connectivity index (χ1n) is 19.0. The van der Waals surface area contributed by atoms with Crippen molar-refractivity contribution in [1.29, 1.82) is 0 Å². The van der Waals surface area contributed by atoms with Crippen LogP contribution in [-0.4, -0.2) is 73.8 Å². The van der Waals surface area contributed by atoms with E-state index in [0.29, 0.717) is 18.1 Å². The van der Waals surface area contributed by atoms with E-state index in [1.165, 1.54) is 0 Å². The number of pyridine rings is 1. The Morgan fingerprint density at radius 1 is 0.824 bits per heavy atom. The molecule has 280 valence electrons. The Morgan fingerprint density at radius 2 is 1.41 bits per heavy atom. The second kappa shape index (κ2) is 13.6. The van der Waals surface area contributed by atoms with Gasteiger partial charge in [0.15, 0.2) is 8.32 Å². The average Bonchev–Trinajstić information content (AvgIpc) is 3.58. The van der Waals surface area contributed by atoms with Crippen LogP contribution in [-0.2, 0) is 13.9 Å². The molecule has 6 rings (SSSR count). The molecule has 11 nitrogen and oxygen atoms in total. The summed E-state index contributed by atoms with van der Waals surface area (Å²) in [5, 5.41) is 11.4. The minimum Gasteiger partial charge on any atom is -0.443 e. The summed E-state index contributed by atoms with van der Waals surface area (Å²) in [5.41, 5.74) is 2.60. The van der Waals surface area contributed by atoms with Crippen LogP contribution in [0.5, 0.6) is 0 Å². The lowest BCUT2D eigenvalue weighted by molar-refractivity contribution is -0.00642. The van der Waals surface area contributed by atoms with E-state index < -0.39 is 31.7 Å². The Kier molecular flexibility index (Phi) is 10.0. The highest BCUT2D eigenvalue weighted by molar-refractivity contribution is 6.74. The summed E-state index contributed by atoms with van der Waals surface area (Å²) in [4.78, 5) is 32.1. The lowest BCUT2D eigenvalue weighted by Gasteiger charge is -2.41. The fourth-order valence-corrected chi connectivity index (χ4v) is 8.34. The molecule has 0 spiro atoms. The van der Waals surface area contributed by atoms with E-state index in [0.717, 1.165) is 84.1 Å². The SMILES string of the molecule is CC(C)(C)OC(=O)N(CC1CC(n2cc(-c3cc4nn(C5CCC(O[Si](C)(C)C(C)(C)C)CC5)cc4cn3)c(C3CC3)n2)C1)C(=O)OC(C)(C)C. The Hall–Kier alpha value is -3.25. The molecule has 0 unspecified atom stereocenters. The molecule has 3 saturated carbocycles. The fraction of sp³-hybridized carbons (Fsp3) is 0.718. The van der Waals surface area contributed by atoms with E-state index in [4.69, 9.17) is 29.1 Å². The number of imide groups is 1. The number of nitrogens with zero attached hydrogens (tertiary/aromatic N) is 6. The number of rotatable bonds is 8. The molecule has 0 saturated heterocycles. The van der Waals surface area contributed by atoms with E-state index in [1.807, 2.05) is 6.20 Å². The summed E-state index contributed by atoms with van der Waals surface area (Å²) >= 11 is 0. The highest BCUT2D eigenvalue weighted by Gasteiger charge is 2.41. The minimum absolute atomic E-state index is 0.124. The first-order chi connectivity index (χ1) is 23.7. The topological polar surface area (TPSA) is 114 Å². The molecule has 0 radical (unpaired) electrons. The van der Waals surface area contributed by atoms with Gasteiger partial charge in [-0.25, -0.2) is 14.5 Å². The van der Waals surface area contributed by atoms with Gasteiger partial charge in [-0.2, -0.15) is 10.2 Å². The molecule has 3 heterocycles. The summed E-state index contributed by atoms with van der Waals surface area (Å²) in [7, 11) is -1.78. The molecule has 0 aromatic carbocycles. The minimum atomic E-state index is -1.78. The molecule has 3 aliphatic rings. The number of hydrogen-bond donors (Lipinski definition) is 0. The maximum absolute atomic E-state index is 13.0. The predicted octanol–water partition coefficient (Wildman–Crippen LogP) is 9.80. The molecule has 0 N–H and O–H groups in total. The van der Waals surface area contributed by atoms with Gasteiger partial charge in [-0.05, 0) is 123 Å². The van der Waals surface area contributed by atoms with Crippen LogP contribution >= 0.6 is 0 Å². The lowest BCUT2D eigenvalue weighted by atomic mass is 9.80. The predicted molar refractivity (Wildman–Crippen MR) is 201 cm³/mol. The summed E-state index contributed by atoms with van der Waals surface area (Å²) in [6.45, 7) is 22.6. The van der Waals surface area contributed by atoms with E-state index in [-0.39, 0.29) is 23.5 Å². The van der Waals surface area contributed by atoms with E-state index in [2.05, 4.69) is 61.7 Å². The van der Waals surface area contributed by atoms with Crippen molar-refractivity contribution in [2.24, 2.45) is 5.92 Å². The molecule has 0 bridgehead atoms. The summed E-state index contributed by atoms with van der Waals surface area (Å²) in [5.74, 6) is 0.574. The van der Waals surface area contributed by atoms with Gasteiger partial charge in [0.25, 0.3) is 0 Å². The summed E-state index contributed by atoms with van der Waals surface area (Å²) in [6.07, 6.45) is 13.4. The van der Waals surface area contributed by atoms with Crippen LogP contribution in [0.4, 0.5) is 9.59 Å². The van der Waals surface area contributed by atoms with E-state index in [1.54, 1.807) is 41.5 Å². The second-order valence-corrected chi connectivity index (χ2v) is 23.5. The number of ether oxygens (including phenoxy) is 2. The molecule has 12 heteroatoms. The quantitative estimate of drug-likeness (QED) is 0.211. The van der Waals surface area contributed by atoms with Crippen molar-refractivity contribution in [3.05, 3.63) is 30.4 Å². The normalized spacial score (nSPS) is 23.2. The van der Waals surface area contributed by atoms with Crippen molar-refractivity contribution in [1.82, 2.24) is 29.4 Å². The number of aromatic nitrogens is 5. The molecular weight excluding hydrogens is 661 g/mol. The van der Waals surface area contributed by atoms with Gasteiger partial charge in [0.05, 0.1) is 29.0 Å². The summed E-state index contributed by atoms with van der Waals surface area (Å²) in [6, 6.07) is 2.67. The van der Waals surface area contributed by atoms with Crippen LogP contribution < -0.4 is 0 Å². The Morgan fingerprint density at radius 3 is 1.96 bits per heavy atom. The second-order valence-electron chi connectivity index (χ2n) is 18.8. The molecule has 3 fully saturated rings. The number of amides is 2. The fourth-order valence-electron chi connectivity index (χ4n) is 6.92. The summed E-state index contributed by atoms with van der Waals surface area (Å²) < 4.78 is 22.1. The van der Waals surface area contributed by atoms with Crippen molar-refractivity contribution in [2.45, 2.75) is 167 Å². The van der Waals surface area contributed by atoms with Crippen LogP contribution in [0.2, 0.25) is 18.1 Å². The first kappa shape index (κ1) is 37.5. The standard InChI is InChI=1S/C39H60N6O5Si/c1-37(2,3)48-35(46)43(36(47)49-38(4,5)6)22-25-18-29(19-25)45-24-31(34(42-45)26-12-13-26)33-20-32-27(21-40-33)23-44(41-32)28-14-16-30(17-15-28)50-51(10,11)39(7,8)9/h20-21,23-26,28-30H,12-19,22H2,1-11H3. The molecule has 0 atom stereocenters. The van der Waals surface area contributed by atoms with Gasteiger partial charge < -0.3 is 13.9 Å². The zero-order valence-corrected chi connectivity index (χ0v) is 33.8. The Labute approximate surface area is 304 Å². The van der Waals surface area contributed by atoms with Gasteiger partial charge in [0.1, 0.15) is 11.2 Å². The number of fused-ring (bicyclic) bond motifs is 1.